The molecule has 1 aliphatic carbocycles. The molecule has 7 heteroatoms. The second-order valence-electron chi connectivity index (χ2n) is 6.94. The van der Waals surface area contributed by atoms with Gasteiger partial charge in [0.2, 0.25) is 0 Å². The minimum atomic E-state index is -0.833. The van der Waals surface area contributed by atoms with Crippen molar-refractivity contribution in [3.63, 3.8) is 0 Å². The van der Waals surface area contributed by atoms with Crippen molar-refractivity contribution in [2.24, 2.45) is 11.8 Å². The molecule has 0 radical (unpaired) electrons. The standard InChI is InChI=1S/C18H22N2O5/c21-17(22)13-5-6-20(10-13)18(23)19-16(11-1-2-11)12-3-4-14-15(9-12)25-8-7-24-14/h3-4,9,11,13,16H,1-2,5-8,10H2,(H,19,23)(H,21,22). The fraction of sp³-hybridized carbons (Fsp3) is 0.556. The van der Waals surface area contributed by atoms with Crippen LogP contribution in [-0.4, -0.2) is 48.3 Å². The molecule has 2 heterocycles. The summed E-state index contributed by atoms with van der Waals surface area (Å²) in [6, 6.07) is 5.55. The Bertz CT molecular complexity index is 688. The zero-order valence-corrected chi connectivity index (χ0v) is 13.9. The van der Waals surface area contributed by atoms with E-state index in [-0.39, 0.29) is 18.6 Å². The molecule has 0 aromatic heterocycles. The minimum Gasteiger partial charge on any atom is -0.486 e. The number of carbonyl (C=O) groups is 2. The average molecular weight is 346 g/mol. The van der Waals surface area contributed by atoms with Crippen LogP contribution in [0.15, 0.2) is 18.2 Å². The van der Waals surface area contributed by atoms with Crippen molar-refractivity contribution in [3.8, 4) is 11.5 Å². The maximum absolute atomic E-state index is 12.6. The Kier molecular flexibility index (Phi) is 4.15. The number of likely N-dealkylation sites (tertiary alicyclic amines) is 1. The second kappa shape index (κ2) is 6.46. The molecular formula is C18H22N2O5. The highest BCUT2D eigenvalue weighted by atomic mass is 16.6. The molecule has 7 nitrogen and oxygen atoms in total. The van der Waals surface area contributed by atoms with Gasteiger partial charge in [-0.1, -0.05) is 6.07 Å². The van der Waals surface area contributed by atoms with E-state index in [1.165, 1.54) is 0 Å². The minimum absolute atomic E-state index is 0.0767. The number of carboxylic acids is 1. The number of fused-ring (bicyclic) bond motifs is 1. The van der Waals surface area contributed by atoms with E-state index in [4.69, 9.17) is 14.6 Å². The molecule has 2 fully saturated rings. The fourth-order valence-corrected chi connectivity index (χ4v) is 3.53. The maximum atomic E-state index is 12.6. The van der Waals surface area contributed by atoms with E-state index < -0.39 is 11.9 Å². The van der Waals surface area contributed by atoms with E-state index in [1.807, 2.05) is 18.2 Å². The summed E-state index contributed by atoms with van der Waals surface area (Å²) < 4.78 is 11.2. The molecule has 0 bridgehead atoms. The van der Waals surface area contributed by atoms with Crippen LogP contribution in [0, 0.1) is 11.8 Å². The summed E-state index contributed by atoms with van der Waals surface area (Å²) in [5, 5.41) is 12.2. The Hall–Kier alpha value is -2.44. The third kappa shape index (κ3) is 3.36. The van der Waals surface area contributed by atoms with Gasteiger partial charge in [0.25, 0.3) is 0 Å². The topological polar surface area (TPSA) is 88.1 Å². The molecule has 2 amide bonds. The second-order valence-corrected chi connectivity index (χ2v) is 6.94. The van der Waals surface area contributed by atoms with Crippen molar-refractivity contribution in [2.45, 2.75) is 25.3 Å². The first-order valence-electron chi connectivity index (χ1n) is 8.79. The van der Waals surface area contributed by atoms with Crippen LogP contribution in [0.1, 0.15) is 30.9 Å². The molecule has 134 valence electrons. The molecule has 2 atom stereocenters. The number of urea groups is 1. The van der Waals surface area contributed by atoms with Gasteiger partial charge in [-0.2, -0.15) is 0 Å². The third-order valence-electron chi connectivity index (χ3n) is 5.12. The Morgan fingerprint density at radius 1 is 1.16 bits per heavy atom. The van der Waals surface area contributed by atoms with Crippen molar-refractivity contribution in [1.82, 2.24) is 10.2 Å². The van der Waals surface area contributed by atoms with Gasteiger partial charge < -0.3 is 24.8 Å². The smallest absolute Gasteiger partial charge is 0.317 e. The van der Waals surface area contributed by atoms with Crippen LogP contribution in [0.2, 0.25) is 0 Å². The van der Waals surface area contributed by atoms with Crippen LogP contribution < -0.4 is 14.8 Å². The molecule has 4 rings (SSSR count). The van der Waals surface area contributed by atoms with Crippen molar-refractivity contribution < 1.29 is 24.2 Å². The van der Waals surface area contributed by atoms with Gasteiger partial charge >= 0.3 is 12.0 Å². The van der Waals surface area contributed by atoms with Gasteiger partial charge in [-0.15, -0.1) is 0 Å². The van der Waals surface area contributed by atoms with Crippen LogP contribution in [0.4, 0.5) is 4.79 Å². The molecule has 1 aromatic carbocycles. The summed E-state index contributed by atoms with van der Waals surface area (Å²) in [7, 11) is 0. The lowest BCUT2D eigenvalue weighted by Gasteiger charge is -2.25. The monoisotopic (exact) mass is 346 g/mol. The normalized spacial score (nSPS) is 23.2. The van der Waals surface area contributed by atoms with E-state index in [0.29, 0.717) is 32.1 Å². The van der Waals surface area contributed by atoms with E-state index in [2.05, 4.69) is 5.32 Å². The number of rotatable bonds is 4. The largest absolute Gasteiger partial charge is 0.486 e. The Morgan fingerprint density at radius 3 is 2.60 bits per heavy atom. The number of nitrogens with one attached hydrogen (secondary N) is 1. The first-order chi connectivity index (χ1) is 12.1. The van der Waals surface area contributed by atoms with E-state index in [1.54, 1.807) is 4.90 Å². The summed E-state index contributed by atoms with van der Waals surface area (Å²) >= 11 is 0. The number of aliphatic carboxylic acids is 1. The maximum Gasteiger partial charge on any atom is 0.317 e. The number of amides is 2. The predicted octanol–water partition coefficient (Wildman–Crippen LogP) is 2.02. The van der Waals surface area contributed by atoms with Gasteiger partial charge in [0.15, 0.2) is 11.5 Å². The summed E-state index contributed by atoms with van der Waals surface area (Å²) in [5.41, 5.74) is 1.01. The van der Waals surface area contributed by atoms with Gasteiger partial charge in [-0.3, -0.25) is 4.79 Å². The molecule has 3 aliphatic rings. The Morgan fingerprint density at radius 2 is 1.92 bits per heavy atom. The molecule has 25 heavy (non-hydrogen) atoms. The lowest BCUT2D eigenvalue weighted by Crippen LogP contribution is -2.41. The average Bonchev–Trinajstić information content (AvgIpc) is 3.33. The highest BCUT2D eigenvalue weighted by Crippen LogP contribution is 2.43. The van der Waals surface area contributed by atoms with Crippen LogP contribution >= 0.6 is 0 Å². The number of carboxylic acid groups (broad SMARTS) is 1. The molecule has 1 saturated heterocycles. The van der Waals surface area contributed by atoms with Crippen LogP contribution in [0.25, 0.3) is 0 Å². The fourth-order valence-electron chi connectivity index (χ4n) is 3.53. The lowest BCUT2D eigenvalue weighted by atomic mass is 10.0. The summed E-state index contributed by atoms with van der Waals surface area (Å²) in [6.07, 6.45) is 2.68. The zero-order chi connectivity index (χ0) is 17.4. The molecule has 2 aliphatic heterocycles. The SMILES string of the molecule is O=C(O)C1CCN(C(=O)NC(c2ccc3c(c2)OCCO3)C2CC2)C1. The first kappa shape index (κ1) is 16.1. The van der Waals surface area contributed by atoms with Crippen molar-refractivity contribution in [2.75, 3.05) is 26.3 Å². The molecule has 1 aromatic rings. The Labute approximate surface area is 145 Å². The summed E-state index contributed by atoms with van der Waals surface area (Å²) in [4.78, 5) is 25.3. The van der Waals surface area contributed by atoms with Gasteiger partial charge in [0.05, 0.1) is 12.0 Å². The third-order valence-corrected chi connectivity index (χ3v) is 5.12. The molecular weight excluding hydrogens is 324 g/mol. The van der Waals surface area contributed by atoms with E-state index in [9.17, 15) is 9.59 Å². The predicted molar refractivity (Wildman–Crippen MR) is 88.7 cm³/mol. The molecule has 2 N–H and O–H groups in total. The number of hydrogen-bond donors (Lipinski definition) is 2. The highest BCUT2D eigenvalue weighted by Gasteiger charge is 2.37. The van der Waals surface area contributed by atoms with Crippen LogP contribution in [0.3, 0.4) is 0 Å². The van der Waals surface area contributed by atoms with Crippen molar-refractivity contribution in [3.05, 3.63) is 23.8 Å². The Balaban J connectivity index is 1.47. The number of ether oxygens (including phenoxy) is 2. The highest BCUT2D eigenvalue weighted by molar-refractivity contribution is 5.77. The number of nitrogens with zero attached hydrogens (tertiary/aromatic N) is 1. The van der Waals surface area contributed by atoms with Crippen LogP contribution in [-0.2, 0) is 4.79 Å². The van der Waals surface area contributed by atoms with E-state index >= 15 is 0 Å². The molecule has 0 spiro atoms. The summed E-state index contributed by atoms with van der Waals surface area (Å²) in [6.45, 7) is 1.84. The van der Waals surface area contributed by atoms with Crippen molar-refractivity contribution >= 4 is 12.0 Å². The first-order valence-corrected chi connectivity index (χ1v) is 8.79. The van der Waals surface area contributed by atoms with Gasteiger partial charge in [-0.25, -0.2) is 4.79 Å². The van der Waals surface area contributed by atoms with Gasteiger partial charge in [-0.05, 0) is 42.9 Å². The number of benzene rings is 1. The van der Waals surface area contributed by atoms with Gasteiger partial charge in [0, 0.05) is 13.1 Å². The van der Waals surface area contributed by atoms with Crippen molar-refractivity contribution in [1.29, 1.82) is 0 Å². The molecule has 2 unspecified atom stereocenters. The number of hydrogen-bond acceptors (Lipinski definition) is 4. The number of carbonyl (C=O) groups excluding carboxylic acids is 1. The van der Waals surface area contributed by atoms with E-state index in [0.717, 1.165) is 29.9 Å². The lowest BCUT2D eigenvalue weighted by molar-refractivity contribution is -0.141. The van der Waals surface area contributed by atoms with Gasteiger partial charge in [0.1, 0.15) is 13.2 Å². The quantitative estimate of drug-likeness (QED) is 0.871. The van der Waals surface area contributed by atoms with Crippen LogP contribution in [0.5, 0.6) is 11.5 Å². The molecule has 1 saturated carbocycles. The zero-order valence-electron chi connectivity index (χ0n) is 13.9. The summed E-state index contributed by atoms with van der Waals surface area (Å²) in [5.74, 6) is 0.583.